The number of amides is 2. The van der Waals surface area contributed by atoms with Crippen LogP contribution in [0.3, 0.4) is 0 Å². The number of nitrogens with one attached hydrogen (secondary N) is 2. The van der Waals surface area contributed by atoms with Crippen molar-refractivity contribution in [3.05, 3.63) is 24.3 Å². The second-order valence-electron chi connectivity index (χ2n) is 5.41. The lowest BCUT2D eigenvalue weighted by molar-refractivity contribution is 0.156. The van der Waals surface area contributed by atoms with Gasteiger partial charge in [0.2, 0.25) is 0 Å². The Balaban J connectivity index is 1.90. The van der Waals surface area contributed by atoms with Crippen LogP contribution in [0, 0.1) is 5.92 Å². The first-order valence-electron chi connectivity index (χ1n) is 7.22. The van der Waals surface area contributed by atoms with Crippen LogP contribution in [0.1, 0.15) is 25.7 Å². The third-order valence-electron chi connectivity index (χ3n) is 3.90. The SMILES string of the molecule is CS(=O)c1ccc(NC(=O)NC2CCCCC2CO)cc1. The molecule has 3 N–H and O–H groups in total. The van der Waals surface area contributed by atoms with E-state index in [1.54, 1.807) is 30.5 Å². The Hall–Kier alpha value is -1.40. The Bertz CT molecular complexity index is 504. The van der Waals surface area contributed by atoms with Gasteiger partial charge in [0.15, 0.2) is 0 Å². The van der Waals surface area contributed by atoms with Crippen molar-refractivity contribution in [3.8, 4) is 0 Å². The second kappa shape index (κ2) is 7.56. The predicted octanol–water partition coefficient (Wildman–Crippen LogP) is 2.10. The van der Waals surface area contributed by atoms with Crippen LogP contribution in [-0.4, -0.2) is 34.3 Å². The van der Waals surface area contributed by atoms with E-state index < -0.39 is 10.8 Å². The van der Waals surface area contributed by atoms with Crippen molar-refractivity contribution in [1.82, 2.24) is 5.32 Å². The van der Waals surface area contributed by atoms with E-state index >= 15 is 0 Å². The fraction of sp³-hybridized carbons (Fsp3) is 0.533. The van der Waals surface area contributed by atoms with E-state index in [0.717, 1.165) is 30.6 Å². The van der Waals surface area contributed by atoms with Crippen molar-refractivity contribution in [3.63, 3.8) is 0 Å². The normalized spacial score (nSPS) is 23.3. The maximum atomic E-state index is 12.0. The van der Waals surface area contributed by atoms with Gasteiger partial charge in [0.1, 0.15) is 0 Å². The molecule has 3 atom stereocenters. The van der Waals surface area contributed by atoms with E-state index in [-0.39, 0.29) is 24.6 Å². The molecule has 0 spiro atoms. The maximum absolute atomic E-state index is 12.0. The van der Waals surface area contributed by atoms with Crippen molar-refractivity contribution in [2.45, 2.75) is 36.6 Å². The van der Waals surface area contributed by atoms with Gasteiger partial charge in [0.25, 0.3) is 0 Å². The van der Waals surface area contributed by atoms with Crippen LogP contribution < -0.4 is 10.6 Å². The third kappa shape index (κ3) is 4.54. The summed E-state index contributed by atoms with van der Waals surface area (Å²) in [5.74, 6) is 0.148. The molecule has 0 aliphatic heterocycles. The highest BCUT2D eigenvalue weighted by molar-refractivity contribution is 7.84. The number of aliphatic hydroxyl groups is 1. The molecule has 0 saturated heterocycles. The lowest BCUT2D eigenvalue weighted by atomic mass is 9.85. The summed E-state index contributed by atoms with van der Waals surface area (Å²) in [6.45, 7) is 0.113. The zero-order valence-corrected chi connectivity index (χ0v) is 13.0. The van der Waals surface area contributed by atoms with Crippen molar-refractivity contribution in [1.29, 1.82) is 0 Å². The largest absolute Gasteiger partial charge is 0.396 e. The number of rotatable bonds is 4. The van der Waals surface area contributed by atoms with Crippen molar-refractivity contribution in [2.24, 2.45) is 5.92 Å². The molecule has 1 aliphatic rings. The Morgan fingerprint density at radius 1 is 1.29 bits per heavy atom. The second-order valence-corrected chi connectivity index (χ2v) is 6.79. The Morgan fingerprint density at radius 2 is 1.95 bits per heavy atom. The minimum absolute atomic E-state index is 0.0335. The van der Waals surface area contributed by atoms with Gasteiger partial charge in [0, 0.05) is 46.2 Å². The third-order valence-corrected chi connectivity index (χ3v) is 4.84. The average molecular weight is 310 g/mol. The standard InChI is InChI=1S/C15H22N2O3S/c1-21(20)13-8-6-12(7-9-13)16-15(19)17-14-5-3-2-4-11(14)10-18/h6-9,11,14,18H,2-5,10H2,1H3,(H2,16,17,19). The van der Waals surface area contributed by atoms with Gasteiger partial charge in [-0.05, 0) is 37.1 Å². The number of carbonyl (C=O) groups is 1. The molecule has 1 aliphatic carbocycles. The van der Waals surface area contributed by atoms with Crippen molar-refractivity contribution >= 4 is 22.5 Å². The van der Waals surface area contributed by atoms with Crippen LogP contribution in [0.25, 0.3) is 0 Å². The molecule has 116 valence electrons. The molecule has 3 unspecified atom stereocenters. The molecule has 1 saturated carbocycles. The number of urea groups is 1. The van der Waals surface area contributed by atoms with Crippen LogP contribution in [0.15, 0.2) is 29.2 Å². The fourth-order valence-corrected chi connectivity index (χ4v) is 3.20. The molecule has 0 aromatic heterocycles. The molecular weight excluding hydrogens is 288 g/mol. The highest BCUT2D eigenvalue weighted by atomic mass is 32.2. The van der Waals surface area contributed by atoms with Gasteiger partial charge in [-0.3, -0.25) is 4.21 Å². The first-order chi connectivity index (χ1) is 10.1. The molecule has 0 radical (unpaired) electrons. The highest BCUT2D eigenvalue weighted by Crippen LogP contribution is 2.24. The lowest BCUT2D eigenvalue weighted by Gasteiger charge is -2.30. The molecule has 0 heterocycles. The summed E-state index contributed by atoms with van der Waals surface area (Å²) in [6, 6.07) is 6.73. The Kier molecular flexibility index (Phi) is 5.76. The fourth-order valence-electron chi connectivity index (χ4n) is 2.68. The molecule has 1 aromatic rings. The first-order valence-corrected chi connectivity index (χ1v) is 8.78. The van der Waals surface area contributed by atoms with Gasteiger partial charge < -0.3 is 15.7 Å². The molecule has 2 rings (SSSR count). The van der Waals surface area contributed by atoms with Gasteiger partial charge in [-0.15, -0.1) is 0 Å². The summed E-state index contributed by atoms with van der Waals surface area (Å²) in [6.07, 6.45) is 5.68. The van der Waals surface area contributed by atoms with E-state index in [1.807, 2.05) is 0 Å². The predicted molar refractivity (Wildman–Crippen MR) is 83.8 cm³/mol. The Morgan fingerprint density at radius 3 is 2.57 bits per heavy atom. The van der Waals surface area contributed by atoms with Crippen LogP contribution in [0.2, 0.25) is 0 Å². The molecule has 1 aromatic carbocycles. The summed E-state index contributed by atoms with van der Waals surface area (Å²) in [7, 11) is -1.02. The maximum Gasteiger partial charge on any atom is 0.319 e. The topological polar surface area (TPSA) is 78.4 Å². The molecule has 1 fully saturated rings. The molecular formula is C15H22N2O3S. The van der Waals surface area contributed by atoms with Crippen molar-refractivity contribution < 1.29 is 14.1 Å². The summed E-state index contributed by atoms with van der Waals surface area (Å²) in [5.41, 5.74) is 0.665. The zero-order valence-electron chi connectivity index (χ0n) is 12.2. The van der Waals surface area contributed by atoms with Crippen LogP contribution >= 0.6 is 0 Å². The minimum Gasteiger partial charge on any atom is -0.396 e. The quantitative estimate of drug-likeness (QED) is 0.797. The number of carbonyl (C=O) groups excluding carboxylic acids is 1. The summed E-state index contributed by atoms with van der Waals surface area (Å²) in [4.78, 5) is 12.7. The number of hydrogen-bond donors (Lipinski definition) is 3. The van der Waals surface area contributed by atoms with E-state index in [1.165, 1.54) is 0 Å². The van der Waals surface area contributed by atoms with Crippen molar-refractivity contribution in [2.75, 3.05) is 18.2 Å². The summed E-state index contributed by atoms with van der Waals surface area (Å²) < 4.78 is 11.3. The molecule has 6 heteroatoms. The lowest BCUT2D eigenvalue weighted by Crippen LogP contribution is -2.45. The first kappa shape index (κ1) is 16.0. The monoisotopic (exact) mass is 310 g/mol. The van der Waals surface area contributed by atoms with Crippen LogP contribution in [0.4, 0.5) is 10.5 Å². The van der Waals surface area contributed by atoms with E-state index in [9.17, 15) is 14.1 Å². The molecule has 21 heavy (non-hydrogen) atoms. The van der Waals surface area contributed by atoms with Gasteiger partial charge >= 0.3 is 6.03 Å². The van der Waals surface area contributed by atoms with E-state index in [2.05, 4.69) is 10.6 Å². The summed E-state index contributed by atoms with van der Waals surface area (Å²) in [5, 5.41) is 15.1. The minimum atomic E-state index is -1.02. The molecule has 5 nitrogen and oxygen atoms in total. The Labute approximate surface area is 127 Å². The van der Waals surface area contributed by atoms with Crippen LogP contribution in [-0.2, 0) is 10.8 Å². The number of anilines is 1. The van der Waals surface area contributed by atoms with Gasteiger partial charge in [-0.1, -0.05) is 12.8 Å². The molecule has 0 bridgehead atoms. The summed E-state index contributed by atoms with van der Waals surface area (Å²) >= 11 is 0. The van der Waals surface area contributed by atoms with Gasteiger partial charge in [0.05, 0.1) is 0 Å². The number of hydrogen-bond acceptors (Lipinski definition) is 3. The van der Waals surface area contributed by atoms with Gasteiger partial charge in [-0.25, -0.2) is 4.79 Å². The average Bonchev–Trinajstić information content (AvgIpc) is 2.48. The van der Waals surface area contributed by atoms with Crippen LogP contribution in [0.5, 0.6) is 0 Å². The van der Waals surface area contributed by atoms with Gasteiger partial charge in [-0.2, -0.15) is 0 Å². The molecule has 2 amide bonds. The number of benzene rings is 1. The van der Waals surface area contributed by atoms with E-state index in [4.69, 9.17) is 0 Å². The zero-order chi connectivity index (χ0) is 15.2. The van der Waals surface area contributed by atoms with E-state index in [0.29, 0.717) is 5.69 Å². The highest BCUT2D eigenvalue weighted by Gasteiger charge is 2.25. The smallest absolute Gasteiger partial charge is 0.319 e. The number of aliphatic hydroxyl groups excluding tert-OH is 1.